The Morgan fingerprint density at radius 2 is 2.00 bits per heavy atom. The van der Waals surface area contributed by atoms with Crippen molar-refractivity contribution in [3.63, 3.8) is 0 Å². The highest BCUT2D eigenvalue weighted by Crippen LogP contribution is 2.27. The van der Waals surface area contributed by atoms with Crippen molar-refractivity contribution in [3.8, 4) is 5.75 Å². The zero-order chi connectivity index (χ0) is 14.0. The van der Waals surface area contributed by atoms with E-state index in [4.69, 9.17) is 16.3 Å². The first kappa shape index (κ1) is 14.0. The lowest BCUT2D eigenvalue weighted by Gasteiger charge is -2.08. The molecule has 2 aromatic rings. The third-order valence-electron chi connectivity index (χ3n) is 2.60. The SMILES string of the molecule is COc1cccc(C(=O)c2ccc(Cl)cc2Br)c1F. The Labute approximate surface area is 123 Å². The average Bonchev–Trinajstić information content (AvgIpc) is 2.38. The van der Waals surface area contributed by atoms with Crippen LogP contribution in [0.3, 0.4) is 0 Å². The van der Waals surface area contributed by atoms with Gasteiger partial charge in [0, 0.05) is 15.1 Å². The van der Waals surface area contributed by atoms with Crippen LogP contribution in [0.4, 0.5) is 4.39 Å². The monoisotopic (exact) mass is 342 g/mol. The molecule has 0 atom stereocenters. The number of carbonyl (C=O) groups excluding carboxylic acids is 1. The van der Waals surface area contributed by atoms with Crippen LogP contribution >= 0.6 is 27.5 Å². The van der Waals surface area contributed by atoms with Crippen molar-refractivity contribution in [3.05, 3.63) is 62.8 Å². The van der Waals surface area contributed by atoms with Gasteiger partial charge in [0.25, 0.3) is 0 Å². The summed E-state index contributed by atoms with van der Waals surface area (Å²) < 4.78 is 19.4. The maximum atomic E-state index is 14.0. The van der Waals surface area contributed by atoms with Gasteiger partial charge in [0.15, 0.2) is 17.3 Å². The molecular formula is C14H9BrClFO2. The Kier molecular flexibility index (Phi) is 4.22. The summed E-state index contributed by atoms with van der Waals surface area (Å²) in [4.78, 5) is 12.3. The first-order chi connectivity index (χ1) is 9.04. The molecule has 2 aromatic carbocycles. The molecule has 0 aromatic heterocycles. The highest BCUT2D eigenvalue weighted by molar-refractivity contribution is 9.10. The lowest BCUT2D eigenvalue weighted by atomic mass is 10.0. The fourth-order valence-electron chi connectivity index (χ4n) is 1.66. The lowest BCUT2D eigenvalue weighted by Crippen LogP contribution is -2.06. The number of hydrogen-bond acceptors (Lipinski definition) is 2. The highest BCUT2D eigenvalue weighted by Gasteiger charge is 2.19. The predicted molar refractivity (Wildman–Crippen MR) is 75.5 cm³/mol. The zero-order valence-corrected chi connectivity index (χ0v) is 12.3. The molecule has 0 N–H and O–H groups in total. The van der Waals surface area contributed by atoms with Gasteiger partial charge in [-0.2, -0.15) is 0 Å². The minimum absolute atomic E-state index is 0.0379. The Hall–Kier alpha value is -1.39. The predicted octanol–water partition coefficient (Wildman–Crippen LogP) is 4.48. The first-order valence-electron chi connectivity index (χ1n) is 5.37. The summed E-state index contributed by atoms with van der Waals surface area (Å²) >= 11 is 9.06. The van der Waals surface area contributed by atoms with E-state index < -0.39 is 11.6 Å². The van der Waals surface area contributed by atoms with Gasteiger partial charge in [-0.1, -0.05) is 17.7 Å². The summed E-state index contributed by atoms with van der Waals surface area (Å²) in [6.45, 7) is 0. The van der Waals surface area contributed by atoms with Crippen molar-refractivity contribution >= 4 is 33.3 Å². The van der Waals surface area contributed by atoms with Gasteiger partial charge in [-0.3, -0.25) is 4.79 Å². The van der Waals surface area contributed by atoms with E-state index in [1.54, 1.807) is 24.3 Å². The van der Waals surface area contributed by atoms with E-state index in [-0.39, 0.29) is 11.3 Å². The average molecular weight is 344 g/mol. The van der Waals surface area contributed by atoms with Crippen LogP contribution < -0.4 is 4.74 Å². The van der Waals surface area contributed by atoms with Crippen LogP contribution in [-0.2, 0) is 0 Å². The van der Waals surface area contributed by atoms with Crippen LogP contribution in [0.5, 0.6) is 5.75 Å². The molecule has 5 heteroatoms. The molecule has 0 heterocycles. The molecule has 0 amide bonds. The second-order valence-corrected chi connectivity index (χ2v) is 5.07. The quantitative estimate of drug-likeness (QED) is 0.768. The van der Waals surface area contributed by atoms with Gasteiger partial charge in [-0.25, -0.2) is 4.39 Å². The van der Waals surface area contributed by atoms with Crippen molar-refractivity contribution in [1.82, 2.24) is 0 Å². The van der Waals surface area contributed by atoms with Crippen molar-refractivity contribution in [2.24, 2.45) is 0 Å². The molecule has 2 nitrogen and oxygen atoms in total. The number of ether oxygens (including phenoxy) is 1. The van der Waals surface area contributed by atoms with E-state index in [9.17, 15) is 9.18 Å². The minimum atomic E-state index is -0.670. The molecule has 0 radical (unpaired) electrons. The number of methoxy groups -OCH3 is 1. The topological polar surface area (TPSA) is 26.3 Å². The van der Waals surface area contributed by atoms with Crippen LogP contribution in [0.15, 0.2) is 40.9 Å². The lowest BCUT2D eigenvalue weighted by molar-refractivity contribution is 0.103. The smallest absolute Gasteiger partial charge is 0.197 e. The van der Waals surface area contributed by atoms with Crippen LogP contribution in [0.25, 0.3) is 0 Å². The van der Waals surface area contributed by atoms with Gasteiger partial charge in [-0.05, 0) is 46.3 Å². The zero-order valence-electron chi connectivity index (χ0n) is 9.91. The standard InChI is InChI=1S/C14H9BrClFO2/c1-19-12-4-2-3-10(13(12)17)14(18)9-6-5-8(16)7-11(9)15/h2-7H,1H3. The number of halogens is 3. The van der Waals surface area contributed by atoms with E-state index in [0.717, 1.165) is 0 Å². The Morgan fingerprint density at radius 3 is 2.63 bits per heavy atom. The van der Waals surface area contributed by atoms with E-state index in [1.807, 2.05) is 0 Å². The number of benzene rings is 2. The Balaban J connectivity index is 2.50. The van der Waals surface area contributed by atoms with Gasteiger partial charge >= 0.3 is 0 Å². The molecule has 0 saturated heterocycles. The summed E-state index contributed by atoms with van der Waals surface area (Å²) in [5, 5.41) is 0.495. The van der Waals surface area contributed by atoms with Gasteiger partial charge in [0.1, 0.15) is 0 Å². The second-order valence-electron chi connectivity index (χ2n) is 3.78. The molecule has 0 bridgehead atoms. The summed E-state index contributed by atoms with van der Waals surface area (Å²) in [7, 11) is 1.35. The van der Waals surface area contributed by atoms with E-state index in [0.29, 0.717) is 15.1 Å². The third-order valence-corrected chi connectivity index (χ3v) is 3.49. The van der Waals surface area contributed by atoms with Gasteiger partial charge in [0.05, 0.1) is 12.7 Å². The molecule has 0 spiro atoms. The molecular weight excluding hydrogens is 335 g/mol. The molecule has 0 saturated carbocycles. The summed E-state index contributed by atoms with van der Waals surface area (Å²) in [6, 6.07) is 9.17. The van der Waals surface area contributed by atoms with Gasteiger partial charge < -0.3 is 4.74 Å². The number of carbonyl (C=O) groups is 1. The van der Waals surface area contributed by atoms with Crippen LogP contribution in [0.1, 0.15) is 15.9 Å². The minimum Gasteiger partial charge on any atom is -0.494 e. The summed E-state index contributed by atoms with van der Waals surface area (Å²) in [5.41, 5.74) is 0.305. The number of hydrogen-bond donors (Lipinski definition) is 0. The van der Waals surface area contributed by atoms with Crippen LogP contribution in [0.2, 0.25) is 5.02 Å². The molecule has 0 aliphatic rings. The Bertz CT molecular complexity index is 643. The first-order valence-corrected chi connectivity index (χ1v) is 6.54. The number of rotatable bonds is 3. The second kappa shape index (κ2) is 5.72. The number of ketones is 1. The molecule has 0 unspecified atom stereocenters. The maximum Gasteiger partial charge on any atom is 0.197 e. The third kappa shape index (κ3) is 2.80. The van der Waals surface area contributed by atoms with Gasteiger partial charge in [-0.15, -0.1) is 0 Å². The summed E-state index contributed by atoms with van der Waals surface area (Å²) in [6.07, 6.45) is 0. The molecule has 2 rings (SSSR count). The van der Waals surface area contributed by atoms with Crippen molar-refractivity contribution < 1.29 is 13.9 Å². The molecule has 0 aliphatic carbocycles. The molecule has 19 heavy (non-hydrogen) atoms. The van der Waals surface area contributed by atoms with Crippen molar-refractivity contribution in [2.75, 3.05) is 7.11 Å². The van der Waals surface area contributed by atoms with E-state index >= 15 is 0 Å². The van der Waals surface area contributed by atoms with Crippen molar-refractivity contribution in [1.29, 1.82) is 0 Å². The van der Waals surface area contributed by atoms with Crippen LogP contribution in [-0.4, -0.2) is 12.9 Å². The fourth-order valence-corrected chi connectivity index (χ4v) is 2.53. The van der Waals surface area contributed by atoms with Crippen LogP contribution in [0, 0.1) is 5.82 Å². The molecule has 0 aliphatic heterocycles. The van der Waals surface area contributed by atoms with E-state index in [2.05, 4.69) is 15.9 Å². The molecule has 0 fully saturated rings. The normalized spacial score (nSPS) is 10.3. The van der Waals surface area contributed by atoms with Gasteiger partial charge in [0.2, 0.25) is 0 Å². The largest absolute Gasteiger partial charge is 0.494 e. The van der Waals surface area contributed by atoms with E-state index in [1.165, 1.54) is 19.2 Å². The highest BCUT2D eigenvalue weighted by atomic mass is 79.9. The molecule has 98 valence electrons. The maximum absolute atomic E-state index is 14.0. The summed E-state index contributed by atoms with van der Waals surface area (Å²) in [5.74, 6) is -1.06. The fraction of sp³-hybridized carbons (Fsp3) is 0.0714. The van der Waals surface area contributed by atoms with Crippen molar-refractivity contribution in [2.45, 2.75) is 0 Å². The Morgan fingerprint density at radius 1 is 1.26 bits per heavy atom.